The number of hydrogen-bond donors (Lipinski definition) is 0. The van der Waals surface area contributed by atoms with Crippen molar-refractivity contribution in [3.05, 3.63) is 30.1 Å². The van der Waals surface area contributed by atoms with Crippen molar-refractivity contribution in [2.75, 3.05) is 13.1 Å². The Bertz CT molecular complexity index is 594. The van der Waals surface area contributed by atoms with Gasteiger partial charge in [-0.2, -0.15) is 0 Å². The molecule has 0 amide bonds. The van der Waals surface area contributed by atoms with Gasteiger partial charge in [-0.05, 0) is 44.5 Å². The van der Waals surface area contributed by atoms with Crippen LogP contribution in [0.15, 0.2) is 24.3 Å². The summed E-state index contributed by atoms with van der Waals surface area (Å²) in [5.41, 5.74) is 2.47. The topological polar surface area (TPSA) is 21.1 Å². The smallest absolute Gasteiger partial charge is 0.124 e. The third-order valence-electron chi connectivity index (χ3n) is 5.03. The molecule has 23 heavy (non-hydrogen) atoms. The molecule has 3 rings (SSSR count). The van der Waals surface area contributed by atoms with Crippen LogP contribution in [0.1, 0.15) is 64.1 Å². The average Bonchev–Trinajstić information content (AvgIpc) is 2.73. The van der Waals surface area contributed by atoms with Crippen LogP contribution >= 0.6 is 0 Å². The molecular formula is C20H31N3. The van der Waals surface area contributed by atoms with E-state index in [2.05, 4.69) is 40.7 Å². The van der Waals surface area contributed by atoms with Crippen LogP contribution in [0.25, 0.3) is 11.0 Å². The highest BCUT2D eigenvalue weighted by atomic mass is 15.2. The summed E-state index contributed by atoms with van der Waals surface area (Å²) in [7, 11) is 0. The minimum absolute atomic E-state index is 1.02. The van der Waals surface area contributed by atoms with E-state index in [1.165, 1.54) is 75.8 Å². The molecular weight excluding hydrogens is 282 g/mol. The van der Waals surface area contributed by atoms with Crippen molar-refractivity contribution in [3.63, 3.8) is 0 Å². The molecule has 0 spiro atoms. The van der Waals surface area contributed by atoms with Gasteiger partial charge in [0, 0.05) is 6.54 Å². The molecule has 2 heterocycles. The molecule has 1 aromatic carbocycles. The number of aryl methyl sites for hydroxylation is 1. The van der Waals surface area contributed by atoms with Crippen LogP contribution in [-0.4, -0.2) is 27.5 Å². The molecule has 0 bridgehead atoms. The predicted octanol–water partition coefficient (Wildman–Crippen LogP) is 4.99. The zero-order valence-electron chi connectivity index (χ0n) is 14.6. The lowest BCUT2D eigenvalue weighted by Gasteiger charge is -2.20. The van der Waals surface area contributed by atoms with Crippen molar-refractivity contribution >= 4 is 11.0 Å². The van der Waals surface area contributed by atoms with Gasteiger partial charge in [0.2, 0.25) is 0 Å². The lowest BCUT2D eigenvalue weighted by atomic mass is 10.2. The second-order valence-corrected chi connectivity index (χ2v) is 6.92. The second kappa shape index (κ2) is 8.49. The van der Waals surface area contributed by atoms with Crippen molar-refractivity contribution in [1.29, 1.82) is 0 Å². The molecule has 1 aliphatic heterocycles. The minimum atomic E-state index is 1.02. The number of fused-ring (bicyclic) bond motifs is 1. The Morgan fingerprint density at radius 2 is 1.74 bits per heavy atom. The summed E-state index contributed by atoms with van der Waals surface area (Å²) < 4.78 is 2.48. The van der Waals surface area contributed by atoms with Gasteiger partial charge in [0.15, 0.2) is 0 Å². The number of benzene rings is 1. The van der Waals surface area contributed by atoms with Crippen LogP contribution in [-0.2, 0) is 13.1 Å². The fourth-order valence-electron chi connectivity index (χ4n) is 3.69. The lowest BCUT2D eigenvalue weighted by Crippen LogP contribution is -2.26. The minimum Gasteiger partial charge on any atom is -0.327 e. The summed E-state index contributed by atoms with van der Waals surface area (Å²) in [5.74, 6) is 1.27. The highest BCUT2D eigenvalue weighted by Gasteiger charge is 2.15. The number of aromatic nitrogens is 2. The molecule has 0 unspecified atom stereocenters. The van der Waals surface area contributed by atoms with E-state index in [9.17, 15) is 0 Å². The standard InChI is InChI=1S/C20H31N3/c1-2-3-4-11-16-23-19-13-8-7-12-18(19)21-20(23)17-22-14-9-5-6-10-15-22/h7-8,12-13H,2-6,9-11,14-17H2,1H3. The first-order chi connectivity index (χ1) is 11.4. The van der Waals surface area contributed by atoms with Crippen LogP contribution in [0, 0.1) is 0 Å². The molecule has 0 atom stereocenters. The molecule has 1 aliphatic rings. The fraction of sp³-hybridized carbons (Fsp3) is 0.650. The Balaban J connectivity index is 1.76. The molecule has 1 saturated heterocycles. The SMILES string of the molecule is CCCCCCn1c(CN2CCCCCC2)nc2ccccc21. The van der Waals surface area contributed by atoms with E-state index in [-0.39, 0.29) is 0 Å². The van der Waals surface area contributed by atoms with Crippen LogP contribution in [0.4, 0.5) is 0 Å². The van der Waals surface area contributed by atoms with Crippen molar-refractivity contribution < 1.29 is 0 Å². The van der Waals surface area contributed by atoms with Gasteiger partial charge in [0.25, 0.3) is 0 Å². The molecule has 3 nitrogen and oxygen atoms in total. The average molecular weight is 313 g/mol. The molecule has 0 saturated carbocycles. The molecule has 1 aromatic heterocycles. The Kier molecular flexibility index (Phi) is 6.09. The summed E-state index contributed by atoms with van der Waals surface area (Å²) in [5, 5.41) is 0. The van der Waals surface area contributed by atoms with E-state index in [1.54, 1.807) is 0 Å². The van der Waals surface area contributed by atoms with Gasteiger partial charge < -0.3 is 4.57 Å². The van der Waals surface area contributed by atoms with Crippen LogP contribution < -0.4 is 0 Å². The van der Waals surface area contributed by atoms with Crippen molar-refractivity contribution in [1.82, 2.24) is 14.5 Å². The van der Waals surface area contributed by atoms with Gasteiger partial charge in [-0.1, -0.05) is 51.2 Å². The Morgan fingerprint density at radius 3 is 2.52 bits per heavy atom. The normalized spacial score (nSPS) is 16.7. The lowest BCUT2D eigenvalue weighted by molar-refractivity contribution is 0.266. The summed E-state index contributed by atoms with van der Waals surface area (Å²) in [4.78, 5) is 7.57. The summed E-state index contributed by atoms with van der Waals surface area (Å²) in [6, 6.07) is 8.63. The van der Waals surface area contributed by atoms with Gasteiger partial charge in [-0.25, -0.2) is 4.98 Å². The molecule has 0 aliphatic carbocycles. The Labute approximate surface area is 140 Å². The molecule has 0 radical (unpaired) electrons. The predicted molar refractivity (Wildman–Crippen MR) is 97.6 cm³/mol. The summed E-state index contributed by atoms with van der Waals surface area (Å²) >= 11 is 0. The van der Waals surface area contributed by atoms with E-state index in [0.717, 1.165) is 18.6 Å². The van der Waals surface area contributed by atoms with Crippen LogP contribution in [0.3, 0.4) is 0 Å². The first-order valence-electron chi connectivity index (χ1n) is 9.55. The summed E-state index contributed by atoms with van der Waals surface area (Å²) in [6.45, 7) is 6.88. The maximum Gasteiger partial charge on any atom is 0.124 e. The van der Waals surface area contributed by atoms with Gasteiger partial charge in [0.05, 0.1) is 17.6 Å². The largest absolute Gasteiger partial charge is 0.327 e. The van der Waals surface area contributed by atoms with Crippen LogP contribution in [0.5, 0.6) is 0 Å². The maximum atomic E-state index is 4.96. The highest BCUT2D eigenvalue weighted by Crippen LogP contribution is 2.20. The number of hydrogen-bond acceptors (Lipinski definition) is 2. The first-order valence-corrected chi connectivity index (χ1v) is 9.55. The molecule has 1 fully saturated rings. The van der Waals surface area contributed by atoms with Gasteiger partial charge in [0.1, 0.15) is 5.82 Å². The number of unbranched alkanes of at least 4 members (excludes halogenated alkanes) is 3. The van der Waals surface area contributed by atoms with E-state index in [4.69, 9.17) is 4.98 Å². The van der Waals surface area contributed by atoms with E-state index in [0.29, 0.717) is 0 Å². The van der Waals surface area contributed by atoms with E-state index >= 15 is 0 Å². The van der Waals surface area contributed by atoms with Crippen LogP contribution in [0.2, 0.25) is 0 Å². The third kappa shape index (κ3) is 4.35. The molecule has 2 aromatic rings. The van der Waals surface area contributed by atoms with Crippen molar-refractivity contribution in [3.8, 4) is 0 Å². The fourth-order valence-corrected chi connectivity index (χ4v) is 3.69. The first kappa shape index (κ1) is 16.5. The zero-order valence-corrected chi connectivity index (χ0v) is 14.6. The third-order valence-corrected chi connectivity index (χ3v) is 5.03. The number of rotatable bonds is 7. The molecule has 126 valence electrons. The van der Waals surface area contributed by atoms with E-state index in [1.807, 2.05) is 0 Å². The van der Waals surface area contributed by atoms with Crippen molar-refractivity contribution in [2.24, 2.45) is 0 Å². The molecule has 0 N–H and O–H groups in total. The van der Waals surface area contributed by atoms with Crippen molar-refractivity contribution in [2.45, 2.75) is 71.4 Å². The van der Waals surface area contributed by atoms with Gasteiger partial charge >= 0.3 is 0 Å². The summed E-state index contributed by atoms with van der Waals surface area (Å²) in [6.07, 6.45) is 10.7. The second-order valence-electron chi connectivity index (χ2n) is 6.92. The quantitative estimate of drug-likeness (QED) is 0.671. The number of nitrogens with zero attached hydrogens (tertiary/aromatic N) is 3. The molecule has 3 heteroatoms. The Morgan fingerprint density at radius 1 is 0.957 bits per heavy atom. The van der Waals surface area contributed by atoms with E-state index < -0.39 is 0 Å². The van der Waals surface area contributed by atoms with Gasteiger partial charge in [-0.3, -0.25) is 4.90 Å². The maximum absolute atomic E-state index is 4.96. The number of para-hydroxylation sites is 2. The monoisotopic (exact) mass is 313 g/mol. The Hall–Kier alpha value is -1.35. The number of imidazole rings is 1. The number of likely N-dealkylation sites (tertiary alicyclic amines) is 1. The van der Waals surface area contributed by atoms with Gasteiger partial charge in [-0.15, -0.1) is 0 Å². The highest BCUT2D eigenvalue weighted by molar-refractivity contribution is 5.75. The zero-order chi connectivity index (χ0) is 15.9.